The van der Waals surface area contributed by atoms with Crippen LogP contribution in [-0.4, -0.2) is 43.8 Å². The largest absolute Gasteiger partial charge is 0.493 e. The van der Waals surface area contributed by atoms with Crippen molar-refractivity contribution in [3.8, 4) is 16.9 Å². The summed E-state index contributed by atoms with van der Waals surface area (Å²) >= 11 is 8.75. The van der Waals surface area contributed by atoms with Crippen molar-refractivity contribution in [2.45, 2.75) is 56.0 Å². The van der Waals surface area contributed by atoms with Gasteiger partial charge >= 0.3 is 5.97 Å². The number of halogens is 2. The minimum Gasteiger partial charge on any atom is -0.493 e. The second-order valence-corrected chi connectivity index (χ2v) is 14.2. The van der Waals surface area contributed by atoms with Gasteiger partial charge < -0.3 is 19.4 Å². The highest BCUT2D eigenvalue weighted by Gasteiger charge is 2.33. The van der Waals surface area contributed by atoms with Crippen LogP contribution < -0.4 is 10.1 Å². The molecule has 1 atom stereocenters. The third kappa shape index (κ3) is 5.48. The molecule has 0 unspecified atom stereocenters. The summed E-state index contributed by atoms with van der Waals surface area (Å²) in [4.78, 5) is 14.3. The van der Waals surface area contributed by atoms with Crippen molar-refractivity contribution in [3.05, 3.63) is 93.4 Å². The maximum atomic E-state index is 14.3. The number of aryl methyl sites for hydroxylation is 5. The normalized spacial score (nSPS) is 16.5. The molecule has 2 aliphatic rings. The molecule has 6 aromatic rings. The Kier molecular flexibility index (Phi) is 8.16. The van der Waals surface area contributed by atoms with Crippen molar-refractivity contribution >= 4 is 51.0 Å². The standard InChI is InChI=1S/C37H36ClFN6O3S/c1-20-32-33-29(38)10-9-28-27(35(37(46)47-4)43(2)34(28)33)6-5-13-48-31-17-25(15-21-14-22(39)7-8-26(21)31)49-19-24-16-23(42-44(24)3)18-40-30-11-12-45(41-20)36(30)32/h7-10,14-17,30,40H,5-6,11-13,18-19H2,1-4H3/t30-/m1/s1. The first-order valence-electron chi connectivity index (χ1n) is 16.4. The van der Waals surface area contributed by atoms with Crippen LogP contribution in [0, 0.1) is 12.7 Å². The summed E-state index contributed by atoms with van der Waals surface area (Å²) in [5, 5.41) is 16.7. The molecule has 5 heterocycles. The molecule has 3 aromatic carbocycles. The first-order chi connectivity index (χ1) is 23.7. The summed E-state index contributed by atoms with van der Waals surface area (Å²) < 4.78 is 32.0. The molecular formula is C37H36ClFN6O3S. The SMILES string of the molecule is COC(=O)c1c2c3ccc(Cl)c(c3n1C)-c1c(C)nn3c1[C@@H](CC3)NCc1cc(n(C)n1)CSc1cc(c3ccc(F)cc3c1)OCCC2. The molecule has 2 aliphatic heterocycles. The Hall–Kier alpha value is -4.32. The number of esters is 1. The minimum atomic E-state index is -0.407. The molecule has 8 bridgehead atoms. The Balaban J connectivity index is 1.28. The van der Waals surface area contributed by atoms with Gasteiger partial charge in [-0.2, -0.15) is 10.2 Å². The highest BCUT2D eigenvalue weighted by molar-refractivity contribution is 7.98. The van der Waals surface area contributed by atoms with E-state index in [2.05, 4.69) is 16.1 Å². The van der Waals surface area contributed by atoms with E-state index < -0.39 is 5.97 Å². The number of nitrogens with one attached hydrogen (secondary N) is 1. The zero-order valence-electron chi connectivity index (χ0n) is 27.8. The molecule has 9 nitrogen and oxygen atoms in total. The second kappa shape index (κ2) is 12.5. The van der Waals surface area contributed by atoms with Gasteiger partial charge in [-0.1, -0.05) is 17.7 Å². The number of methoxy groups -OCH3 is 1. The average Bonchev–Trinajstić information content (AvgIpc) is 3.81. The van der Waals surface area contributed by atoms with Gasteiger partial charge in [-0.15, -0.1) is 11.8 Å². The molecule has 0 fully saturated rings. The van der Waals surface area contributed by atoms with Crippen molar-refractivity contribution in [2.24, 2.45) is 14.1 Å². The molecule has 12 heteroatoms. The van der Waals surface area contributed by atoms with Gasteiger partial charge in [0.2, 0.25) is 0 Å². The quantitative estimate of drug-likeness (QED) is 0.176. The second-order valence-electron chi connectivity index (χ2n) is 12.8. The average molecular weight is 699 g/mol. The van der Waals surface area contributed by atoms with E-state index in [0.29, 0.717) is 48.2 Å². The minimum absolute atomic E-state index is 0.0323. The maximum Gasteiger partial charge on any atom is 0.354 e. The van der Waals surface area contributed by atoms with Gasteiger partial charge in [0.15, 0.2) is 0 Å². The molecule has 8 rings (SSSR count). The summed E-state index contributed by atoms with van der Waals surface area (Å²) in [6, 6.07) is 14.9. The zero-order chi connectivity index (χ0) is 34.0. The van der Waals surface area contributed by atoms with Crippen LogP contribution in [0.4, 0.5) is 4.39 Å². The topological polar surface area (TPSA) is 88.1 Å². The number of ether oxygens (including phenoxy) is 2. The lowest BCUT2D eigenvalue weighted by Crippen LogP contribution is -2.20. The van der Waals surface area contributed by atoms with Gasteiger partial charge in [-0.05, 0) is 79.6 Å². The fourth-order valence-corrected chi connectivity index (χ4v) is 8.79. The van der Waals surface area contributed by atoms with E-state index in [-0.39, 0.29) is 11.9 Å². The Morgan fingerprint density at radius 2 is 1.94 bits per heavy atom. The summed E-state index contributed by atoms with van der Waals surface area (Å²) in [5.74, 6) is 0.689. The Bertz CT molecular complexity index is 2290. The van der Waals surface area contributed by atoms with Crippen LogP contribution in [0.1, 0.15) is 57.7 Å². The molecule has 0 saturated carbocycles. The molecule has 0 spiro atoms. The van der Waals surface area contributed by atoms with E-state index in [1.165, 1.54) is 13.2 Å². The lowest BCUT2D eigenvalue weighted by molar-refractivity contribution is 0.0589. The van der Waals surface area contributed by atoms with Crippen molar-refractivity contribution in [1.82, 2.24) is 29.4 Å². The third-order valence-electron chi connectivity index (χ3n) is 9.79. The Morgan fingerprint density at radius 1 is 1.10 bits per heavy atom. The van der Waals surface area contributed by atoms with Crippen LogP contribution in [0.15, 0.2) is 53.4 Å². The molecule has 0 saturated heterocycles. The number of benzene rings is 3. The monoisotopic (exact) mass is 698 g/mol. The van der Waals surface area contributed by atoms with Crippen molar-refractivity contribution < 1.29 is 18.7 Å². The molecule has 252 valence electrons. The molecule has 0 aliphatic carbocycles. The predicted molar refractivity (Wildman–Crippen MR) is 190 cm³/mol. The van der Waals surface area contributed by atoms with Crippen LogP contribution in [0.2, 0.25) is 5.02 Å². The first kappa shape index (κ1) is 31.9. The lowest BCUT2D eigenvalue weighted by atomic mass is 9.96. The van der Waals surface area contributed by atoms with Gasteiger partial charge in [0.1, 0.15) is 17.3 Å². The van der Waals surface area contributed by atoms with E-state index in [9.17, 15) is 9.18 Å². The number of hydrogen-bond acceptors (Lipinski definition) is 7. The van der Waals surface area contributed by atoms with Crippen LogP contribution in [0.25, 0.3) is 32.8 Å². The molecule has 3 aromatic heterocycles. The van der Waals surface area contributed by atoms with Crippen molar-refractivity contribution in [2.75, 3.05) is 13.7 Å². The summed E-state index contributed by atoms with van der Waals surface area (Å²) in [5.41, 5.74) is 8.09. The predicted octanol–water partition coefficient (Wildman–Crippen LogP) is 7.67. The Labute approximate surface area is 292 Å². The van der Waals surface area contributed by atoms with Crippen LogP contribution in [0.3, 0.4) is 0 Å². The van der Waals surface area contributed by atoms with Crippen LogP contribution in [0.5, 0.6) is 5.75 Å². The molecule has 0 radical (unpaired) electrons. The van der Waals surface area contributed by atoms with E-state index in [1.807, 2.05) is 54.5 Å². The third-order valence-corrected chi connectivity index (χ3v) is 11.1. The zero-order valence-corrected chi connectivity index (χ0v) is 29.3. The summed E-state index contributed by atoms with van der Waals surface area (Å²) in [7, 11) is 5.27. The van der Waals surface area contributed by atoms with Crippen molar-refractivity contribution in [3.63, 3.8) is 0 Å². The molecule has 0 amide bonds. The molecule has 1 N–H and O–H groups in total. The number of thioether (sulfide) groups is 1. The summed E-state index contributed by atoms with van der Waals surface area (Å²) in [6.45, 7) is 3.78. The van der Waals surface area contributed by atoms with Gasteiger partial charge in [0, 0.05) is 65.4 Å². The number of rotatable bonds is 1. The Morgan fingerprint density at radius 3 is 2.78 bits per heavy atom. The van der Waals surface area contributed by atoms with E-state index >= 15 is 0 Å². The number of fused-ring (bicyclic) bond motifs is 7. The van der Waals surface area contributed by atoms with E-state index in [1.54, 1.807) is 23.9 Å². The van der Waals surface area contributed by atoms with Gasteiger partial charge in [-0.25, -0.2) is 9.18 Å². The molecular weight excluding hydrogens is 663 g/mol. The van der Waals surface area contributed by atoms with Crippen LogP contribution in [-0.2, 0) is 44.1 Å². The highest BCUT2D eigenvalue weighted by atomic mass is 35.5. The fraction of sp³-hybridized carbons (Fsp3) is 0.324. The fourth-order valence-electron chi connectivity index (χ4n) is 7.56. The number of nitrogens with zero attached hydrogens (tertiary/aromatic N) is 5. The summed E-state index contributed by atoms with van der Waals surface area (Å²) in [6.07, 6.45) is 2.09. The van der Waals surface area contributed by atoms with Crippen molar-refractivity contribution in [1.29, 1.82) is 0 Å². The molecule has 49 heavy (non-hydrogen) atoms. The highest BCUT2D eigenvalue weighted by Crippen LogP contribution is 2.45. The van der Waals surface area contributed by atoms with E-state index in [0.717, 1.165) is 79.0 Å². The smallest absolute Gasteiger partial charge is 0.354 e. The van der Waals surface area contributed by atoms with Gasteiger partial charge in [-0.3, -0.25) is 9.36 Å². The maximum absolute atomic E-state index is 14.3. The van der Waals surface area contributed by atoms with Gasteiger partial charge in [0.05, 0.1) is 47.4 Å². The van der Waals surface area contributed by atoms with E-state index in [4.69, 9.17) is 31.3 Å². The van der Waals surface area contributed by atoms with Crippen LogP contribution >= 0.6 is 23.4 Å². The number of carbonyl (C=O) groups excluding carboxylic acids is 1. The first-order valence-corrected chi connectivity index (χ1v) is 17.8. The number of carbonyl (C=O) groups is 1. The number of hydrogen-bond donors (Lipinski definition) is 1. The lowest BCUT2D eigenvalue weighted by Gasteiger charge is -2.16. The number of aromatic nitrogens is 5. The van der Waals surface area contributed by atoms with Gasteiger partial charge in [0.25, 0.3) is 0 Å².